The number of nitrogens with one attached hydrogen (secondary N) is 2. The highest BCUT2D eigenvalue weighted by Crippen LogP contribution is 2.20. The maximum absolute atomic E-state index is 12.9. The van der Waals surface area contributed by atoms with Crippen molar-refractivity contribution < 1.29 is 18.0 Å². The fraction of sp³-hybridized carbons (Fsp3) is 0.0909. The summed E-state index contributed by atoms with van der Waals surface area (Å²) in [5.74, 6) is -0.708. The number of carbonyl (C=O) groups excluding carboxylic acids is 2. The van der Waals surface area contributed by atoms with E-state index in [0.717, 1.165) is 11.8 Å². The number of anilines is 2. The summed E-state index contributed by atoms with van der Waals surface area (Å²) >= 11 is 0. The molecule has 3 rings (SSSR count). The Hall–Kier alpha value is -3.45. The summed E-state index contributed by atoms with van der Waals surface area (Å²) in [5, 5.41) is 2.71. The van der Waals surface area contributed by atoms with E-state index in [9.17, 15) is 18.0 Å². The highest BCUT2D eigenvalue weighted by Gasteiger charge is 2.18. The molecule has 6 nitrogen and oxygen atoms in total. The average molecular weight is 408 g/mol. The standard InChI is InChI=1S/C22H20N2O4S/c1-15-10-12-16(13-11-15)21(25)19-8-3-4-9-20(19)22(26)23-17-6-5-7-18(14-17)24-29(2,27)28/h3-14,24H,1-2H3,(H,23,26). The van der Waals surface area contributed by atoms with Crippen LogP contribution < -0.4 is 10.0 Å². The van der Waals surface area contributed by atoms with Crippen molar-refractivity contribution in [1.29, 1.82) is 0 Å². The van der Waals surface area contributed by atoms with Crippen molar-refractivity contribution in [3.8, 4) is 0 Å². The molecule has 0 aliphatic rings. The minimum Gasteiger partial charge on any atom is -0.322 e. The van der Waals surface area contributed by atoms with Crippen LogP contribution in [0, 0.1) is 6.92 Å². The fourth-order valence-corrected chi connectivity index (χ4v) is 3.37. The van der Waals surface area contributed by atoms with Crippen molar-refractivity contribution in [3.05, 3.63) is 95.1 Å². The van der Waals surface area contributed by atoms with Crippen LogP contribution in [0.15, 0.2) is 72.8 Å². The van der Waals surface area contributed by atoms with Crippen molar-refractivity contribution in [1.82, 2.24) is 0 Å². The average Bonchev–Trinajstić information content (AvgIpc) is 2.67. The van der Waals surface area contributed by atoms with E-state index in [0.29, 0.717) is 22.5 Å². The summed E-state index contributed by atoms with van der Waals surface area (Å²) in [4.78, 5) is 25.7. The Labute approximate surface area is 169 Å². The van der Waals surface area contributed by atoms with Crippen molar-refractivity contribution in [2.45, 2.75) is 6.92 Å². The maximum atomic E-state index is 12.9. The van der Waals surface area contributed by atoms with Gasteiger partial charge in [-0.05, 0) is 31.2 Å². The number of amides is 1. The van der Waals surface area contributed by atoms with Gasteiger partial charge < -0.3 is 5.32 Å². The Balaban J connectivity index is 1.86. The molecule has 0 unspecified atom stereocenters. The second-order valence-electron chi connectivity index (χ2n) is 6.65. The van der Waals surface area contributed by atoms with E-state index in [4.69, 9.17) is 0 Å². The van der Waals surface area contributed by atoms with Gasteiger partial charge in [0, 0.05) is 16.8 Å². The number of ketones is 1. The Kier molecular flexibility index (Phi) is 5.79. The molecule has 0 atom stereocenters. The summed E-state index contributed by atoms with van der Waals surface area (Å²) in [6.07, 6.45) is 1.05. The predicted molar refractivity (Wildman–Crippen MR) is 114 cm³/mol. The molecule has 2 N–H and O–H groups in total. The molecule has 7 heteroatoms. The number of hydrogen-bond donors (Lipinski definition) is 2. The molecule has 0 aliphatic heterocycles. The van der Waals surface area contributed by atoms with Crippen LogP contribution in [0.2, 0.25) is 0 Å². The number of aryl methyl sites for hydroxylation is 1. The smallest absolute Gasteiger partial charge is 0.256 e. The third-order valence-electron chi connectivity index (χ3n) is 4.15. The Morgan fingerprint density at radius 2 is 1.41 bits per heavy atom. The van der Waals surface area contributed by atoms with Gasteiger partial charge in [-0.15, -0.1) is 0 Å². The van der Waals surface area contributed by atoms with Crippen molar-refractivity contribution in [3.63, 3.8) is 0 Å². The predicted octanol–water partition coefficient (Wildman–Crippen LogP) is 3.85. The molecular formula is C22H20N2O4S. The van der Waals surface area contributed by atoms with Gasteiger partial charge in [0.25, 0.3) is 5.91 Å². The van der Waals surface area contributed by atoms with E-state index in [-0.39, 0.29) is 11.3 Å². The molecule has 148 valence electrons. The number of benzene rings is 3. The van der Waals surface area contributed by atoms with E-state index < -0.39 is 15.9 Å². The zero-order valence-electron chi connectivity index (χ0n) is 16.0. The fourth-order valence-electron chi connectivity index (χ4n) is 2.81. The van der Waals surface area contributed by atoms with Gasteiger partial charge in [0.1, 0.15) is 0 Å². The zero-order valence-corrected chi connectivity index (χ0v) is 16.8. The first-order chi connectivity index (χ1) is 13.7. The van der Waals surface area contributed by atoms with E-state index in [1.165, 1.54) is 6.07 Å². The monoisotopic (exact) mass is 408 g/mol. The molecule has 0 heterocycles. The largest absolute Gasteiger partial charge is 0.322 e. The summed E-state index contributed by atoms with van der Waals surface area (Å²) in [5.41, 5.74) is 2.79. The summed E-state index contributed by atoms with van der Waals surface area (Å²) in [6.45, 7) is 1.93. The van der Waals surface area contributed by atoms with E-state index >= 15 is 0 Å². The molecule has 0 saturated carbocycles. The summed E-state index contributed by atoms with van der Waals surface area (Å²) in [6, 6.07) is 20.0. The minimum absolute atomic E-state index is 0.236. The Morgan fingerprint density at radius 1 is 0.793 bits per heavy atom. The van der Waals surface area contributed by atoms with Crippen LogP contribution in [-0.2, 0) is 10.0 Å². The molecule has 0 aliphatic carbocycles. The molecule has 0 bridgehead atoms. The number of sulfonamides is 1. The van der Waals surface area contributed by atoms with Gasteiger partial charge in [0.2, 0.25) is 10.0 Å². The zero-order chi connectivity index (χ0) is 21.0. The SMILES string of the molecule is Cc1ccc(C(=O)c2ccccc2C(=O)Nc2cccc(NS(C)(=O)=O)c2)cc1. The van der Waals surface area contributed by atoms with Gasteiger partial charge in [0.15, 0.2) is 5.78 Å². The molecule has 29 heavy (non-hydrogen) atoms. The lowest BCUT2D eigenvalue weighted by atomic mass is 9.97. The topological polar surface area (TPSA) is 92.3 Å². The third kappa shape index (κ3) is 5.30. The second kappa shape index (κ2) is 8.28. The van der Waals surface area contributed by atoms with Crippen LogP contribution in [0.25, 0.3) is 0 Å². The van der Waals surface area contributed by atoms with Gasteiger partial charge in [-0.2, -0.15) is 0 Å². The van der Waals surface area contributed by atoms with Gasteiger partial charge in [-0.1, -0.05) is 54.1 Å². The first kappa shape index (κ1) is 20.3. The van der Waals surface area contributed by atoms with Gasteiger partial charge in [-0.25, -0.2) is 8.42 Å². The number of carbonyl (C=O) groups is 2. The van der Waals surface area contributed by atoms with Crippen LogP contribution in [-0.4, -0.2) is 26.4 Å². The minimum atomic E-state index is -3.43. The highest BCUT2D eigenvalue weighted by atomic mass is 32.2. The second-order valence-corrected chi connectivity index (χ2v) is 8.40. The van der Waals surface area contributed by atoms with Gasteiger partial charge in [0.05, 0.1) is 17.5 Å². The van der Waals surface area contributed by atoms with Crippen LogP contribution in [0.3, 0.4) is 0 Å². The van der Waals surface area contributed by atoms with Crippen molar-refractivity contribution in [2.24, 2.45) is 0 Å². The molecule has 0 aromatic heterocycles. The quantitative estimate of drug-likeness (QED) is 0.606. The van der Waals surface area contributed by atoms with E-state index in [2.05, 4.69) is 10.0 Å². The molecule has 3 aromatic carbocycles. The molecule has 0 spiro atoms. The Bertz CT molecular complexity index is 1170. The molecule has 0 fully saturated rings. The Morgan fingerprint density at radius 3 is 2.07 bits per heavy atom. The highest BCUT2D eigenvalue weighted by molar-refractivity contribution is 7.92. The van der Waals surface area contributed by atoms with Gasteiger partial charge >= 0.3 is 0 Å². The summed E-state index contributed by atoms with van der Waals surface area (Å²) in [7, 11) is -3.43. The molecule has 0 radical (unpaired) electrons. The lowest BCUT2D eigenvalue weighted by molar-refractivity contribution is 0.0996. The maximum Gasteiger partial charge on any atom is 0.256 e. The van der Waals surface area contributed by atoms with Crippen LogP contribution in [0.1, 0.15) is 31.8 Å². The third-order valence-corrected chi connectivity index (χ3v) is 4.76. The first-order valence-electron chi connectivity index (χ1n) is 8.82. The summed E-state index contributed by atoms with van der Waals surface area (Å²) < 4.78 is 25.1. The lowest BCUT2D eigenvalue weighted by Crippen LogP contribution is -2.17. The van der Waals surface area contributed by atoms with Crippen LogP contribution in [0.4, 0.5) is 11.4 Å². The number of rotatable bonds is 6. The molecule has 1 amide bonds. The van der Waals surface area contributed by atoms with Crippen LogP contribution in [0.5, 0.6) is 0 Å². The molecule has 0 saturated heterocycles. The number of hydrogen-bond acceptors (Lipinski definition) is 4. The van der Waals surface area contributed by atoms with Crippen molar-refractivity contribution in [2.75, 3.05) is 16.3 Å². The van der Waals surface area contributed by atoms with E-state index in [1.54, 1.807) is 54.6 Å². The molecule has 3 aromatic rings. The van der Waals surface area contributed by atoms with Crippen molar-refractivity contribution >= 4 is 33.1 Å². The lowest BCUT2D eigenvalue weighted by Gasteiger charge is -2.11. The van der Waals surface area contributed by atoms with E-state index in [1.807, 2.05) is 19.1 Å². The first-order valence-corrected chi connectivity index (χ1v) is 10.7. The van der Waals surface area contributed by atoms with Crippen LogP contribution >= 0.6 is 0 Å². The van der Waals surface area contributed by atoms with Gasteiger partial charge in [-0.3, -0.25) is 14.3 Å². The molecular weight excluding hydrogens is 388 g/mol. The normalized spacial score (nSPS) is 11.0.